The van der Waals surface area contributed by atoms with Gasteiger partial charge < -0.3 is 14.5 Å². The number of thiophene rings is 1. The van der Waals surface area contributed by atoms with Crippen LogP contribution < -0.4 is 15.7 Å². The van der Waals surface area contributed by atoms with Crippen molar-refractivity contribution in [3.8, 4) is 5.75 Å². The SMILES string of the molecule is CC(=O)NCc1ccc(C(=O)COc2ccc3ccc(=O)oc3c2)s1. The first kappa shape index (κ1) is 16.9. The number of Topliss-reactive ketones (excluding diaryl/α,β-unsaturated/α-hetero) is 1. The molecule has 0 atom stereocenters. The first-order chi connectivity index (χ1) is 12.0. The van der Waals surface area contributed by atoms with Crippen LogP contribution in [0.1, 0.15) is 21.5 Å². The van der Waals surface area contributed by atoms with E-state index in [-0.39, 0.29) is 18.3 Å². The molecule has 0 bridgehead atoms. The molecule has 0 spiro atoms. The molecular weight excluding hydrogens is 342 g/mol. The number of hydrogen-bond donors (Lipinski definition) is 1. The molecule has 2 aromatic heterocycles. The summed E-state index contributed by atoms with van der Waals surface area (Å²) < 4.78 is 10.6. The zero-order valence-corrected chi connectivity index (χ0v) is 14.2. The van der Waals surface area contributed by atoms with Gasteiger partial charge in [-0.25, -0.2) is 4.79 Å². The van der Waals surface area contributed by atoms with E-state index in [1.165, 1.54) is 24.3 Å². The molecule has 0 aliphatic carbocycles. The predicted molar refractivity (Wildman–Crippen MR) is 94.1 cm³/mol. The van der Waals surface area contributed by atoms with Crippen molar-refractivity contribution >= 4 is 34.0 Å². The molecule has 3 rings (SSSR count). The first-order valence-corrected chi connectivity index (χ1v) is 8.36. The van der Waals surface area contributed by atoms with Gasteiger partial charge in [-0.1, -0.05) is 0 Å². The molecule has 7 heteroatoms. The van der Waals surface area contributed by atoms with Gasteiger partial charge in [0.1, 0.15) is 11.3 Å². The predicted octanol–water partition coefficient (Wildman–Crippen LogP) is 2.75. The Kier molecular flexibility index (Phi) is 4.95. The fourth-order valence-electron chi connectivity index (χ4n) is 2.19. The highest BCUT2D eigenvalue weighted by Gasteiger charge is 2.11. The summed E-state index contributed by atoms with van der Waals surface area (Å²) >= 11 is 1.32. The zero-order valence-electron chi connectivity index (χ0n) is 13.4. The maximum Gasteiger partial charge on any atom is 0.336 e. The van der Waals surface area contributed by atoms with Gasteiger partial charge in [-0.2, -0.15) is 0 Å². The third kappa shape index (κ3) is 4.33. The van der Waals surface area contributed by atoms with E-state index in [0.29, 0.717) is 22.8 Å². The van der Waals surface area contributed by atoms with Crippen molar-refractivity contribution in [2.75, 3.05) is 6.61 Å². The average molecular weight is 357 g/mol. The summed E-state index contributed by atoms with van der Waals surface area (Å²) in [5, 5.41) is 3.46. The molecule has 1 amide bonds. The minimum Gasteiger partial charge on any atom is -0.485 e. The van der Waals surface area contributed by atoms with Crippen LogP contribution in [0.5, 0.6) is 5.75 Å². The van der Waals surface area contributed by atoms with E-state index in [0.717, 1.165) is 10.3 Å². The van der Waals surface area contributed by atoms with E-state index in [2.05, 4.69) is 5.32 Å². The van der Waals surface area contributed by atoms with E-state index in [1.54, 1.807) is 36.4 Å². The van der Waals surface area contributed by atoms with Crippen LogP contribution in [0.3, 0.4) is 0 Å². The lowest BCUT2D eigenvalue weighted by molar-refractivity contribution is -0.119. The number of fused-ring (bicyclic) bond motifs is 1. The minimum absolute atomic E-state index is 0.118. The number of carbonyl (C=O) groups is 2. The van der Waals surface area contributed by atoms with Crippen LogP contribution in [-0.2, 0) is 11.3 Å². The molecule has 0 aliphatic rings. The number of carbonyl (C=O) groups excluding carboxylic acids is 2. The fourth-order valence-corrected chi connectivity index (χ4v) is 3.06. The second-order valence-electron chi connectivity index (χ2n) is 5.34. The van der Waals surface area contributed by atoms with Crippen LogP contribution in [0.15, 0.2) is 51.7 Å². The van der Waals surface area contributed by atoms with E-state index in [4.69, 9.17) is 9.15 Å². The molecule has 1 N–H and O–H groups in total. The quantitative estimate of drug-likeness (QED) is 0.541. The second kappa shape index (κ2) is 7.31. The highest BCUT2D eigenvalue weighted by atomic mass is 32.1. The fraction of sp³-hybridized carbons (Fsp3) is 0.167. The average Bonchev–Trinajstić information content (AvgIpc) is 3.06. The van der Waals surface area contributed by atoms with Gasteiger partial charge in [-0.3, -0.25) is 9.59 Å². The Bertz CT molecular complexity index is 988. The van der Waals surface area contributed by atoms with Gasteiger partial charge in [-0.05, 0) is 30.3 Å². The van der Waals surface area contributed by atoms with Gasteiger partial charge in [0.05, 0.1) is 11.4 Å². The lowest BCUT2D eigenvalue weighted by atomic mass is 10.2. The molecule has 25 heavy (non-hydrogen) atoms. The van der Waals surface area contributed by atoms with Crippen molar-refractivity contribution in [1.29, 1.82) is 0 Å². The normalized spacial score (nSPS) is 10.6. The summed E-state index contributed by atoms with van der Waals surface area (Å²) in [7, 11) is 0. The van der Waals surface area contributed by atoms with Crippen molar-refractivity contribution in [1.82, 2.24) is 5.32 Å². The molecule has 0 unspecified atom stereocenters. The number of ether oxygens (including phenoxy) is 1. The van der Waals surface area contributed by atoms with E-state index in [1.807, 2.05) is 0 Å². The molecule has 6 nitrogen and oxygen atoms in total. The molecular formula is C18H15NO5S. The van der Waals surface area contributed by atoms with E-state index in [9.17, 15) is 14.4 Å². The van der Waals surface area contributed by atoms with Gasteiger partial charge in [0, 0.05) is 29.3 Å². The molecule has 128 valence electrons. The zero-order chi connectivity index (χ0) is 17.8. The van der Waals surface area contributed by atoms with Gasteiger partial charge in [0.15, 0.2) is 6.61 Å². The Balaban J connectivity index is 1.64. The Morgan fingerprint density at radius 2 is 1.96 bits per heavy atom. The van der Waals surface area contributed by atoms with Crippen LogP contribution in [-0.4, -0.2) is 18.3 Å². The number of rotatable bonds is 6. The molecule has 1 aromatic carbocycles. The summed E-state index contributed by atoms with van der Waals surface area (Å²) in [6.07, 6.45) is 0. The number of hydrogen-bond acceptors (Lipinski definition) is 6. The Hall–Kier alpha value is -2.93. The molecule has 0 saturated heterocycles. The van der Waals surface area contributed by atoms with Crippen LogP contribution in [0.4, 0.5) is 0 Å². The van der Waals surface area contributed by atoms with Gasteiger partial charge in [0.2, 0.25) is 11.7 Å². The maximum absolute atomic E-state index is 12.2. The largest absolute Gasteiger partial charge is 0.485 e. The number of benzene rings is 1. The minimum atomic E-state index is -0.439. The Morgan fingerprint density at radius 3 is 2.76 bits per heavy atom. The van der Waals surface area contributed by atoms with E-state index < -0.39 is 5.63 Å². The highest BCUT2D eigenvalue weighted by molar-refractivity contribution is 7.14. The number of amides is 1. The van der Waals surface area contributed by atoms with Crippen molar-refractivity contribution in [2.24, 2.45) is 0 Å². The summed E-state index contributed by atoms with van der Waals surface area (Å²) in [6.45, 7) is 1.72. The van der Waals surface area contributed by atoms with Crippen LogP contribution in [0.2, 0.25) is 0 Å². The van der Waals surface area contributed by atoms with E-state index >= 15 is 0 Å². The lowest BCUT2D eigenvalue weighted by Gasteiger charge is -2.05. The van der Waals surface area contributed by atoms with Gasteiger partial charge >= 0.3 is 5.63 Å². The van der Waals surface area contributed by atoms with Crippen LogP contribution in [0, 0.1) is 0 Å². The second-order valence-corrected chi connectivity index (χ2v) is 6.51. The summed E-state index contributed by atoms with van der Waals surface area (Å²) in [5.74, 6) is 0.173. The van der Waals surface area contributed by atoms with Crippen LogP contribution in [0.25, 0.3) is 11.0 Å². The van der Waals surface area contributed by atoms with Crippen molar-refractivity contribution in [3.05, 3.63) is 62.6 Å². The summed E-state index contributed by atoms with van der Waals surface area (Å²) in [5.41, 5.74) is -0.0304. The van der Waals surface area contributed by atoms with Crippen molar-refractivity contribution in [2.45, 2.75) is 13.5 Å². The Morgan fingerprint density at radius 1 is 1.16 bits per heavy atom. The topological polar surface area (TPSA) is 85.6 Å². The van der Waals surface area contributed by atoms with Crippen molar-refractivity contribution < 1.29 is 18.7 Å². The first-order valence-electron chi connectivity index (χ1n) is 7.54. The molecule has 3 aromatic rings. The third-order valence-electron chi connectivity index (χ3n) is 3.41. The number of ketones is 1. The van der Waals surface area contributed by atoms with Crippen molar-refractivity contribution in [3.63, 3.8) is 0 Å². The summed E-state index contributed by atoms with van der Waals surface area (Å²) in [4.78, 5) is 35.8. The maximum atomic E-state index is 12.2. The molecule has 0 fully saturated rings. The monoisotopic (exact) mass is 357 g/mol. The smallest absolute Gasteiger partial charge is 0.336 e. The van der Waals surface area contributed by atoms with Gasteiger partial charge in [0.25, 0.3) is 0 Å². The molecule has 2 heterocycles. The molecule has 0 saturated carbocycles. The number of nitrogens with one attached hydrogen (secondary N) is 1. The van der Waals surface area contributed by atoms with Crippen LogP contribution >= 0.6 is 11.3 Å². The standard InChI is InChI=1S/C18H15NO5S/c1-11(20)19-9-14-5-6-17(25-14)15(21)10-23-13-4-2-12-3-7-18(22)24-16(12)8-13/h2-8H,9-10H2,1H3,(H,19,20). The lowest BCUT2D eigenvalue weighted by Crippen LogP contribution is -2.18. The summed E-state index contributed by atoms with van der Waals surface area (Å²) in [6, 6.07) is 11.6. The Labute approximate surface area is 147 Å². The molecule has 0 aliphatic heterocycles. The third-order valence-corrected chi connectivity index (χ3v) is 4.54. The van der Waals surface area contributed by atoms with Gasteiger partial charge in [-0.15, -0.1) is 11.3 Å². The highest BCUT2D eigenvalue weighted by Crippen LogP contribution is 2.21. The molecule has 0 radical (unpaired) electrons.